The lowest BCUT2D eigenvalue weighted by atomic mass is 9.98. The van der Waals surface area contributed by atoms with Gasteiger partial charge in [-0.3, -0.25) is 9.59 Å². The fourth-order valence-electron chi connectivity index (χ4n) is 3.57. The number of hydrogen-bond donors (Lipinski definition) is 0. The van der Waals surface area contributed by atoms with Crippen molar-refractivity contribution in [3.8, 4) is 5.75 Å². The second-order valence-corrected chi connectivity index (χ2v) is 9.41. The van der Waals surface area contributed by atoms with Gasteiger partial charge in [0.15, 0.2) is 0 Å². The maximum absolute atomic E-state index is 12.2. The molecule has 36 heavy (non-hydrogen) atoms. The third kappa shape index (κ3) is 8.73. The van der Waals surface area contributed by atoms with Crippen molar-refractivity contribution in [1.82, 2.24) is 0 Å². The molecule has 0 saturated heterocycles. The first kappa shape index (κ1) is 26.7. The van der Waals surface area contributed by atoms with Crippen LogP contribution in [-0.2, 0) is 37.9 Å². The standard InChI is InChI=1S/C31H34O5/c1-23(2)20-24-10-12-25(13-11-24)21-34-28-16-14-26(15-17-28)22-35-29(32)18-19-30(33)36-31(3,4)27-8-6-5-7-9-27/h5-17,20H,18-19,21-22H2,1-4H3. The highest BCUT2D eigenvalue weighted by atomic mass is 16.6. The van der Waals surface area contributed by atoms with Gasteiger partial charge >= 0.3 is 11.9 Å². The van der Waals surface area contributed by atoms with Crippen molar-refractivity contribution in [3.05, 3.63) is 107 Å². The monoisotopic (exact) mass is 486 g/mol. The predicted molar refractivity (Wildman–Crippen MR) is 141 cm³/mol. The molecule has 0 aliphatic heterocycles. The van der Waals surface area contributed by atoms with Gasteiger partial charge in [-0.15, -0.1) is 0 Å². The topological polar surface area (TPSA) is 61.8 Å². The summed E-state index contributed by atoms with van der Waals surface area (Å²) in [5.41, 5.74) is 4.49. The van der Waals surface area contributed by atoms with E-state index in [1.807, 2.05) is 68.4 Å². The van der Waals surface area contributed by atoms with E-state index < -0.39 is 17.5 Å². The van der Waals surface area contributed by atoms with Crippen molar-refractivity contribution >= 4 is 18.0 Å². The zero-order valence-electron chi connectivity index (χ0n) is 21.5. The Morgan fingerprint density at radius 2 is 1.33 bits per heavy atom. The quantitative estimate of drug-likeness (QED) is 0.273. The van der Waals surface area contributed by atoms with Crippen LogP contribution in [0.5, 0.6) is 5.75 Å². The molecule has 0 saturated carbocycles. The summed E-state index contributed by atoms with van der Waals surface area (Å²) < 4.78 is 16.7. The van der Waals surface area contributed by atoms with Gasteiger partial charge in [-0.05, 0) is 62.1 Å². The molecule has 5 heteroatoms. The molecule has 0 aliphatic carbocycles. The molecule has 0 heterocycles. The first-order valence-electron chi connectivity index (χ1n) is 12.1. The molecule has 0 aliphatic rings. The smallest absolute Gasteiger partial charge is 0.307 e. The Morgan fingerprint density at radius 1 is 0.750 bits per heavy atom. The summed E-state index contributed by atoms with van der Waals surface area (Å²) in [4.78, 5) is 24.3. The molecule has 3 aromatic carbocycles. The van der Waals surface area contributed by atoms with E-state index in [1.165, 1.54) is 11.1 Å². The van der Waals surface area contributed by atoms with Crippen LogP contribution in [0.2, 0.25) is 0 Å². The van der Waals surface area contributed by atoms with E-state index in [9.17, 15) is 9.59 Å². The number of carbonyl (C=O) groups excluding carboxylic acids is 2. The Morgan fingerprint density at radius 3 is 1.97 bits per heavy atom. The maximum atomic E-state index is 12.2. The van der Waals surface area contributed by atoms with Gasteiger partial charge in [-0.2, -0.15) is 0 Å². The highest BCUT2D eigenvalue weighted by Gasteiger charge is 2.25. The number of benzene rings is 3. The number of rotatable bonds is 11. The van der Waals surface area contributed by atoms with E-state index in [0.29, 0.717) is 6.61 Å². The van der Waals surface area contributed by atoms with Gasteiger partial charge in [-0.1, -0.05) is 78.4 Å². The number of ether oxygens (including phenoxy) is 3. The van der Waals surface area contributed by atoms with Crippen LogP contribution in [0.4, 0.5) is 0 Å². The number of hydrogen-bond acceptors (Lipinski definition) is 5. The van der Waals surface area contributed by atoms with Crippen molar-refractivity contribution < 1.29 is 23.8 Å². The Labute approximate surface area is 213 Å². The molecule has 0 atom stereocenters. The van der Waals surface area contributed by atoms with Gasteiger partial charge in [0.2, 0.25) is 0 Å². The Bertz CT molecular complexity index is 1160. The SMILES string of the molecule is CC(C)=Cc1ccc(COc2ccc(COC(=O)CCC(=O)OC(C)(C)c3ccccc3)cc2)cc1. The summed E-state index contributed by atoms with van der Waals surface area (Å²) in [7, 11) is 0. The minimum atomic E-state index is -0.763. The average molecular weight is 487 g/mol. The second kappa shape index (κ2) is 12.7. The molecule has 0 amide bonds. The highest BCUT2D eigenvalue weighted by Crippen LogP contribution is 2.25. The Balaban J connectivity index is 1.38. The summed E-state index contributed by atoms with van der Waals surface area (Å²) in [5, 5.41) is 0. The molecule has 3 aromatic rings. The van der Waals surface area contributed by atoms with Gasteiger partial charge < -0.3 is 14.2 Å². The predicted octanol–water partition coefficient (Wildman–Crippen LogP) is 6.99. The van der Waals surface area contributed by atoms with Crippen molar-refractivity contribution in [3.63, 3.8) is 0 Å². The van der Waals surface area contributed by atoms with Crippen LogP contribution >= 0.6 is 0 Å². The van der Waals surface area contributed by atoms with Crippen LogP contribution in [0.25, 0.3) is 6.08 Å². The normalized spacial score (nSPS) is 10.9. The van der Waals surface area contributed by atoms with Crippen LogP contribution in [0.1, 0.15) is 62.8 Å². The van der Waals surface area contributed by atoms with Crippen LogP contribution < -0.4 is 4.74 Å². The summed E-state index contributed by atoms with van der Waals surface area (Å²) in [6.07, 6.45) is 2.07. The third-order valence-electron chi connectivity index (χ3n) is 5.53. The van der Waals surface area contributed by atoms with E-state index in [1.54, 1.807) is 0 Å². The molecular weight excluding hydrogens is 452 g/mol. The minimum Gasteiger partial charge on any atom is -0.489 e. The molecular formula is C31H34O5. The summed E-state index contributed by atoms with van der Waals surface area (Å²) >= 11 is 0. The van der Waals surface area contributed by atoms with Gasteiger partial charge in [-0.25, -0.2) is 0 Å². The fraction of sp³-hybridized carbons (Fsp3) is 0.290. The van der Waals surface area contributed by atoms with E-state index in [-0.39, 0.29) is 19.4 Å². The molecule has 0 radical (unpaired) electrons. The zero-order valence-corrected chi connectivity index (χ0v) is 21.5. The molecule has 188 valence electrons. The van der Waals surface area contributed by atoms with Gasteiger partial charge in [0.1, 0.15) is 24.6 Å². The Hall–Kier alpha value is -3.86. The third-order valence-corrected chi connectivity index (χ3v) is 5.53. The van der Waals surface area contributed by atoms with E-state index >= 15 is 0 Å². The average Bonchev–Trinajstić information content (AvgIpc) is 2.86. The van der Waals surface area contributed by atoms with Crippen LogP contribution in [0.3, 0.4) is 0 Å². The summed E-state index contributed by atoms with van der Waals surface area (Å²) in [6, 6.07) is 25.2. The number of esters is 2. The molecule has 0 unspecified atom stereocenters. The summed E-state index contributed by atoms with van der Waals surface area (Å²) in [6.45, 7) is 8.41. The van der Waals surface area contributed by atoms with E-state index in [4.69, 9.17) is 14.2 Å². The van der Waals surface area contributed by atoms with Crippen LogP contribution in [-0.4, -0.2) is 11.9 Å². The lowest BCUT2D eigenvalue weighted by Gasteiger charge is -2.25. The van der Waals surface area contributed by atoms with Crippen molar-refractivity contribution in [1.29, 1.82) is 0 Å². The lowest BCUT2D eigenvalue weighted by Crippen LogP contribution is -2.25. The first-order chi connectivity index (χ1) is 17.2. The van der Waals surface area contributed by atoms with Crippen molar-refractivity contribution in [2.24, 2.45) is 0 Å². The molecule has 0 spiro atoms. The summed E-state index contributed by atoms with van der Waals surface area (Å²) in [5.74, 6) is -0.141. The molecule has 5 nitrogen and oxygen atoms in total. The lowest BCUT2D eigenvalue weighted by molar-refractivity contribution is -0.160. The van der Waals surface area contributed by atoms with Crippen LogP contribution in [0.15, 0.2) is 84.4 Å². The van der Waals surface area contributed by atoms with Gasteiger partial charge in [0.05, 0.1) is 12.8 Å². The van der Waals surface area contributed by atoms with Gasteiger partial charge in [0.25, 0.3) is 0 Å². The minimum absolute atomic E-state index is 0.0305. The Kier molecular flexibility index (Phi) is 9.46. The van der Waals surface area contributed by atoms with Crippen molar-refractivity contribution in [2.75, 3.05) is 0 Å². The van der Waals surface area contributed by atoms with Crippen molar-refractivity contribution in [2.45, 2.75) is 59.4 Å². The van der Waals surface area contributed by atoms with Gasteiger partial charge in [0, 0.05) is 0 Å². The maximum Gasteiger partial charge on any atom is 0.307 e. The largest absolute Gasteiger partial charge is 0.489 e. The first-order valence-corrected chi connectivity index (χ1v) is 12.1. The molecule has 0 N–H and O–H groups in total. The van der Waals surface area contributed by atoms with E-state index in [0.717, 1.165) is 22.4 Å². The van der Waals surface area contributed by atoms with Crippen LogP contribution in [0, 0.1) is 0 Å². The molecule has 0 bridgehead atoms. The zero-order chi connectivity index (χ0) is 26.0. The molecule has 0 aromatic heterocycles. The van der Waals surface area contributed by atoms with E-state index in [2.05, 4.69) is 44.2 Å². The second-order valence-electron chi connectivity index (χ2n) is 9.41. The number of allylic oxidation sites excluding steroid dienone is 1. The molecule has 0 fully saturated rings. The number of carbonyl (C=O) groups is 2. The highest BCUT2D eigenvalue weighted by molar-refractivity contribution is 5.78. The molecule has 3 rings (SSSR count). The fourth-order valence-corrected chi connectivity index (χ4v) is 3.57.